The van der Waals surface area contributed by atoms with E-state index in [9.17, 15) is 9.59 Å². The van der Waals surface area contributed by atoms with E-state index >= 15 is 0 Å². The fraction of sp³-hybridized carbons (Fsp3) is 0.905. The molecule has 1 N–H and O–H groups in total. The van der Waals surface area contributed by atoms with E-state index in [1.165, 1.54) is 0 Å². The molecule has 0 saturated heterocycles. The van der Waals surface area contributed by atoms with E-state index < -0.39 is 0 Å². The van der Waals surface area contributed by atoms with Crippen LogP contribution in [0.25, 0.3) is 0 Å². The van der Waals surface area contributed by atoms with Gasteiger partial charge >= 0.3 is 0 Å². The van der Waals surface area contributed by atoms with Crippen LogP contribution in [0.15, 0.2) is 0 Å². The minimum Gasteiger partial charge on any atom is -0.381 e. The summed E-state index contributed by atoms with van der Waals surface area (Å²) in [7, 11) is 0. The Bertz CT molecular complexity index is 375. The van der Waals surface area contributed by atoms with Crippen LogP contribution in [0.1, 0.15) is 79.6 Å². The van der Waals surface area contributed by atoms with Crippen molar-refractivity contribution in [1.82, 2.24) is 5.32 Å². The molecule has 0 fully saturated rings. The van der Waals surface area contributed by atoms with Gasteiger partial charge in [-0.2, -0.15) is 0 Å². The van der Waals surface area contributed by atoms with E-state index in [0.717, 1.165) is 58.3 Å². The Morgan fingerprint density at radius 3 is 1.92 bits per heavy atom. The molecule has 0 aromatic rings. The van der Waals surface area contributed by atoms with E-state index in [1.807, 2.05) is 13.8 Å². The minimum absolute atomic E-state index is 0.0511. The molecule has 0 aromatic carbocycles. The molecule has 0 spiro atoms. The van der Waals surface area contributed by atoms with Crippen molar-refractivity contribution in [3.8, 4) is 0 Å². The van der Waals surface area contributed by atoms with Crippen LogP contribution in [0.3, 0.4) is 0 Å². The van der Waals surface area contributed by atoms with E-state index in [0.29, 0.717) is 13.0 Å². The molecule has 0 radical (unpaired) electrons. The molecule has 1 amide bonds. The van der Waals surface area contributed by atoms with Gasteiger partial charge < -0.3 is 14.8 Å². The summed E-state index contributed by atoms with van der Waals surface area (Å²) in [5, 5.41) is 2.98. The maximum atomic E-state index is 11.7. The van der Waals surface area contributed by atoms with Crippen LogP contribution in [0, 0.1) is 11.3 Å². The molecular formula is C21H41NO4. The van der Waals surface area contributed by atoms with Gasteiger partial charge in [-0.25, -0.2) is 0 Å². The lowest BCUT2D eigenvalue weighted by Gasteiger charge is -2.17. The zero-order chi connectivity index (χ0) is 19.8. The average molecular weight is 372 g/mol. The Balaban J connectivity index is 3.23. The molecule has 0 saturated carbocycles. The van der Waals surface area contributed by atoms with Crippen molar-refractivity contribution in [3.63, 3.8) is 0 Å². The van der Waals surface area contributed by atoms with E-state index in [1.54, 1.807) is 0 Å². The molecule has 0 heterocycles. The van der Waals surface area contributed by atoms with Crippen LogP contribution < -0.4 is 5.32 Å². The normalized spacial score (nSPS) is 11.8. The predicted molar refractivity (Wildman–Crippen MR) is 106 cm³/mol. The molecule has 5 nitrogen and oxygen atoms in total. The largest absolute Gasteiger partial charge is 0.381 e. The fourth-order valence-electron chi connectivity index (χ4n) is 2.30. The highest BCUT2D eigenvalue weighted by atomic mass is 16.5. The first kappa shape index (κ1) is 25.1. The summed E-state index contributed by atoms with van der Waals surface area (Å²) in [6, 6.07) is 0. The molecule has 0 rings (SSSR count). The number of carbonyl (C=O) groups excluding carboxylic acids is 2. The summed E-state index contributed by atoms with van der Waals surface area (Å²) in [5.74, 6) is 0.372. The molecule has 154 valence electrons. The number of amides is 1. The highest BCUT2D eigenvalue weighted by Crippen LogP contribution is 2.17. The molecule has 5 heteroatoms. The first-order valence-electron chi connectivity index (χ1n) is 10.2. The van der Waals surface area contributed by atoms with Crippen molar-refractivity contribution in [2.24, 2.45) is 11.3 Å². The number of ketones is 1. The maximum absolute atomic E-state index is 11.7. The van der Waals surface area contributed by atoms with Gasteiger partial charge in [-0.15, -0.1) is 0 Å². The first-order valence-corrected chi connectivity index (χ1v) is 10.2. The van der Waals surface area contributed by atoms with Crippen LogP contribution >= 0.6 is 0 Å². The molecule has 26 heavy (non-hydrogen) atoms. The summed E-state index contributed by atoms with van der Waals surface area (Å²) in [6.45, 7) is 13.2. The number of carbonyl (C=O) groups is 2. The fourth-order valence-corrected chi connectivity index (χ4v) is 2.30. The van der Waals surface area contributed by atoms with E-state index in [-0.39, 0.29) is 29.6 Å². The van der Waals surface area contributed by atoms with Crippen molar-refractivity contribution in [2.75, 3.05) is 33.0 Å². The summed E-state index contributed by atoms with van der Waals surface area (Å²) in [6.07, 6.45) is 6.77. The Labute approximate surface area is 160 Å². The predicted octanol–water partition coefficient (Wildman–Crippen LogP) is 4.14. The second kappa shape index (κ2) is 15.2. The number of rotatable bonds is 16. The van der Waals surface area contributed by atoms with Gasteiger partial charge in [0.1, 0.15) is 6.61 Å². The Hall–Kier alpha value is -0.940. The Morgan fingerprint density at radius 1 is 0.846 bits per heavy atom. The molecule has 0 atom stereocenters. The summed E-state index contributed by atoms with van der Waals surface area (Å²) < 4.78 is 11.0. The number of unbranched alkanes of at least 4 members (excludes halogenated alkanes) is 4. The van der Waals surface area contributed by atoms with Crippen LogP contribution in [0.2, 0.25) is 0 Å². The molecule has 0 aliphatic rings. The monoisotopic (exact) mass is 371 g/mol. The number of nitrogens with one attached hydrogen (secondary N) is 1. The smallest absolute Gasteiger partial charge is 0.220 e. The average Bonchev–Trinajstić information content (AvgIpc) is 2.53. The highest BCUT2D eigenvalue weighted by molar-refractivity contribution is 5.81. The maximum Gasteiger partial charge on any atom is 0.220 e. The summed E-state index contributed by atoms with van der Waals surface area (Å²) >= 11 is 0. The lowest BCUT2D eigenvalue weighted by Crippen LogP contribution is -2.28. The molecule has 0 aliphatic carbocycles. The van der Waals surface area contributed by atoms with Crippen LogP contribution in [-0.2, 0) is 19.1 Å². The van der Waals surface area contributed by atoms with E-state index in [2.05, 4.69) is 26.1 Å². The first-order chi connectivity index (χ1) is 12.2. The van der Waals surface area contributed by atoms with Crippen LogP contribution in [0.5, 0.6) is 0 Å². The van der Waals surface area contributed by atoms with Gasteiger partial charge in [-0.3, -0.25) is 9.59 Å². The third-order valence-electron chi connectivity index (χ3n) is 3.94. The SMILES string of the molecule is CC(C)C(=O)COCCCCCOCCCCCNC(=O)CC(C)(C)C. The van der Waals surface area contributed by atoms with Gasteiger partial charge in [-0.1, -0.05) is 34.6 Å². The number of ether oxygens (including phenoxy) is 2. The lowest BCUT2D eigenvalue weighted by molar-refractivity contribution is -0.126. The van der Waals surface area contributed by atoms with Gasteiger partial charge in [0, 0.05) is 38.7 Å². The number of hydrogen-bond acceptors (Lipinski definition) is 4. The van der Waals surface area contributed by atoms with Crippen LogP contribution in [-0.4, -0.2) is 44.7 Å². The molecule has 0 aliphatic heterocycles. The Morgan fingerprint density at radius 2 is 1.38 bits per heavy atom. The zero-order valence-corrected chi connectivity index (χ0v) is 17.7. The minimum atomic E-state index is 0.0511. The van der Waals surface area contributed by atoms with E-state index in [4.69, 9.17) is 9.47 Å². The van der Waals surface area contributed by atoms with Gasteiger partial charge in [0.2, 0.25) is 5.91 Å². The quantitative estimate of drug-likeness (QED) is 0.414. The number of Topliss-reactive ketones (excluding diaryl/α,β-unsaturated/α-hetero) is 1. The van der Waals surface area contributed by atoms with Gasteiger partial charge in [-0.05, 0) is 43.9 Å². The summed E-state index contributed by atoms with van der Waals surface area (Å²) in [5.41, 5.74) is 0.0511. The topological polar surface area (TPSA) is 64.6 Å². The van der Waals surface area contributed by atoms with Gasteiger partial charge in [0.25, 0.3) is 0 Å². The summed E-state index contributed by atoms with van der Waals surface area (Å²) in [4.78, 5) is 23.0. The van der Waals surface area contributed by atoms with Gasteiger partial charge in [0.05, 0.1) is 0 Å². The highest BCUT2D eigenvalue weighted by Gasteiger charge is 2.15. The lowest BCUT2D eigenvalue weighted by atomic mass is 9.92. The second-order valence-corrected chi connectivity index (χ2v) is 8.49. The third kappa shape index (κ3) is 17.9. The Kier molecular flexibility index (Phi) is 14.6. The van der Waals surface area contributed by atoms with Crippen molar-refractivity contribution in [3.05, 3.63) is 0 Å². The van der Waals surface area contributed by atoms with Gasteiger partial charge in [0.15, 0.2) is 5.78 Å². The van der Waals surface area contributed by atoms with Crippen molar-refractivity contribution >= 4 is 11.7 Å². The second-order valence-electron chi connectivity index (χ2n) is 8.49. The molecule has 0 bridgehead atoms. The molecular weight excluding hydrogens is 330 g/mol. The standard InChI is InChI=1S/C21H41NO4/c1-18(2)19(23)17-26-15-11-7-10-14-25-13-9-6-8-12-22-20(24)16-21(3,4)5/h18H,6-17H2,1-5H3,(H,22,24). The number of hydrogen-bond donors (Lipinski definition) is 1. The zero-order valence-electron chi connectivity index (χ0n) is 17.7. The molecule has 0 aromatic heterocycles. The van der Waals surface area contributed by atoms with Crippen LogP contribution in [0.4, 0.5) is 0 Å². The van der Waals surface area contributed by atoms with Crippen molar-refractivity contribution in [1.29, 1.82) is 0 Å². The van der Waals surface area contributed by atoms with Crippen molar-refractivity contribution < 1.29 is 19.1 Å². The third-order valence-corrected chi connectivity index (χ3v) is 3.94. The van der Waals surface area contributed by atoms with Crippen molar-refractivity contribution in [2.45, 2.75) is 79.6 Å². The molecule has 0 unspecified atom stereocenters.